The van der Waals surface area contributed by atoms with Crippen LogP contribution in [0.1, 0.15) is 153 Å². The Morgan fingerprint density at radius 1 is 0.864 bits per heavy atom. The second-order valence-corrected chi connectivity index (χ2v) is 19.1. The van der Waals surface area contributed by atoms with Crippen LogP contribution in [0.3, 0.4) is 0 Å². The first kappa shape index (κ1) is 48.3. The Hall–Kier alpha value is -3.32. The summed E-state index contributed by atoms with van der Waals surface area (Å²) in [6.07, 6.45) is 6.21. The number of alkyl halides is 3. The van der Waals surface area contributed by atoms with Crippen molar-refractivity contribution in [3.05, 3.63) is 99.9 Å². The molecule has 321 valence electrons. The molecule has 0 bridgehead atoms. The van der Waals surface area contributed by atoms with E-state index >= 15 is 0 Å². The third kappa shape index (κ3) is 9.92. The molecule has 1 aliphatic rings. The second-order valence-electron chi connectivity index (χ2n) is 18.1. The van der Waals surface area contributed by atoms with E-state index in [9.17, 15) is 23.1 Å². The van der Waals surface area contributed by atoms with E-state index in [4.69, 9.17) is 0 Å². The summed E-state index contributed by atoms with van der Waals surface area (Å²) in [5.74, 6) is 0.867. The van der Waals surface area contributed by atoms with Gasteiger partial charge in [0.2, 0.25) is 0 Å². The van der Waals surface area contributed by atoms with Gasteiger partial charge >= 0.3 is 6.18 Å². The molecule has 0 atom stereocenters. The number of aromatic nitrogens is 1. The first-order valence-corrected chi connectivity index (χ1v) is 22.0. The quantitative estimate of drug-likeness (QED) is 0.0862. The van der Waals surface area contributed by atoms with E-state index in [1.165, 1.54) is 48.7 Å². The number of thiophene rings is 1. The average molecular weight is 1000 g/mol. The van der Waals surface area contributed by atoms with Crippen molar-refractivity contribution in [2.75, 3.05) is 0 Å². The van der Waals surface area contributed by atoms with Gasteiger partial charge in [-0.3, -0.25) is 9.78 Å². The normalized spacial score (nSPS) is 14.4. The molecule has 1 radical (unpaired) electrons. The number of nitrogens with zero attached hydrogens (tertiary/aromatic N) is 1. The minimum absolute atomic E-state index is 0. The van der Waals surface area contributed by atoms with Crippen LogP contribution in [-0.2, 0) is 36.5 Å². The SMILES string of the molecule is CCC(C)(CC)C(=O)/C=C(\O)C(C)(CC)CC.Cc1cc(C2CCCC2)cc(C)c1-c1sc2c(-c3[c-]c4ccccc4c(C(C)(C)C)c3)ncc(C(F)(F)F)c2c1C.[Ir]. The smallest absolute Gasteiger partial charge is 0.418 e. The Morgan fingerprint density at radius 3 is 1.95 bits per heavy atom. The number of halogens is 3. The number of hydrogen-bond acceptors (Lipinski definition) is 4. The van der Waals surface area contributed by atoms with Gasteiger partial charge in [0.05, 0.1) is 5.56 Å². The summed E-state index contributed by atoms with van der Waals surface area (Å²) in [5.41, 5.74) is 6.28. The molecule has 6 rings (SSSR count). The Kier molecular flexibility index (Phi) is 15.4. The van der Waals surface area contributed by atoms with E-state index in [1.54, 1.807) is 0 Å². The standard InChI is InChI=1S/C36H35F3NS.C15H28O2.Ir/c1-20-15-25(23-11-7-8-12-23)16-21(2)30(20)33-22(3)31-29(36(37,38)39)19-40-32(34(31)41-33)26-17-24-13-9-10-14-27(24)28(18-26)35(4,5)6;1-7-14(5,8-2)12(16)11-13(17)15(6,9-3)10-4;/h9-10,13-16,18-19,23H,7-8,11-12H2,1-6H3;11,16H,7-10H2,1-6H3;/q-1;;/b;12-11-;. The number of benzene rings is 3. The third-order valence-electron chi connectivity index (χ3n) is 13.3. The summed E-state index contributed by atoms with van der Waals surface area (Å²) in [4.78, 5) is 17.6. The number of hydrogen-bond donors (Lipinski definition) is 1. The number of allylic oxidation sites excluding steroid dienone is 2. The molecule has 5 aromatic rings. The molecule has 3 aromatic carbocycles. The van der Waals surface area contributed by atoms with Gasteiger partial charge in [-0.1, -0.05) is 116 Å². The number of pyridine rings is 1. The summed E-state index contributed by atoms with van der Waals surface area (Å²) in [7, 11) is 0. The van der Waals surface area contributed by atoms with E-state index in [0.717, 1.165) is 75.3 Å². The van der Waals surface area contributed by atoms with Gasteiger partial charge in [0.15, 0.2) is 5.78 Å². The van der Waals surface area contributed by atoms with Gasteiger partial charge in [0, 0.05) is 63.9 Å². The van der Waals surface area contributed by atoms with Crippen LogP contribution in [0.15, 0.2) is 60.5 Å². The summed E-state index contributed by atoms with van der Waals surface area (Å²) < 4.78 is 43.8. The molecule has 0 saturated heterocycles. The fourth-order valence-electron chi connectivity index (χ4n) is 8.41. The van der Waals surface area contributed by atoms with E-state index in [0.29, 0.717) is 21.9 Å². The van der Waals surface area contributed by atoms with Gasteiger partial charge in [-0.2, -0.15) is 13.2 Å². The van der Waals surface area contributed by atoms with Crippen LogP contribution in [-0.4, -0.2) is 15.9 Å². The zero-order valence-corrected chi connectivity index (χ0v) is 40.3. The molecule has 1 N–H and O–H groups in total. The molecule has 1 saturated carbocycles. The van der Waals surface area contributed by atoms with Crippen LogP contribution in [0, 0.1) is 37.7 Å². The largest absolute Gasteiger partial charge is 0.512 e. The van der Waals surface area contributed by atoms with Crippen molar-refractivity contribution in [3.8, 4) is 21.7 Å². The van der Waals surface area contributed by atoms with Crippen molar-refractivity contribution in [1.82, 2.24) is 4.98 Å². The minimum Gasteiger partial charge on any atom is -0.512 e. The summed E-state index contributed by atoms with van der Waals surface area (Å²) in [6.45, 7) is 24.6. The topological polar surface area (TPSA) is 50.2 Å². The first-order valence-electron chi connectivity index (χ1n) is 21.2. The van der Waals surface area contributed by atoms with Crippen LogP contribution >= 0.6 is 11.3 Å². The van der Waals surface area contributed by atoms with E-state index in [1.807, 2.05) is 66.7 Å². The van der Waals surface area contributed by atoms with Crippen LogP contribution < -0.4 is 0 Å². The maximum atomic E-state index is 14.4. The van der Waals surface area contributed by atoms with Crippen molar-refractivity contribution in [1.29, 1.82) is 0 Å². The van der Waals surface area contributed by atoms with Gasteiger partial charge in [0.25, 0.3) is 0 Å². The molecule has 0 amide bonds. The van der Waals surface area contributed by atoms with Crippen molar-refractivity contribution < 1.29 is 43.2 Å². The molecule has 1 aliphatic carbocycles. The van der Waals surface area contributed by atoms with E-state index < -0.39 is 11.7 Å². The monoisotopic (exact) mass is 1000 g/mol. The summed E-state index contributed by atoms with van der Waals surface area (Å²) >= 11 is 1.43. The molecule has 0 spiro atoms. The van der Waals surface area contributed by atoms with E-state index in [-0.39, 0.29) is 53.3 Å². The molecular weight excluding hydrogens is 940 g/mol. The number of fused-ring (bicyclic) bond motifs is 2. The fourth-order valence-corrected chi connectivity index (χ4v) is 9.92. The molecule has 8 heteroatoms. The Bertz CT molecular complexity index is 2290. The average Bonchev–Trinajstić information content (AvgIpc) is 3.84. The predicted octanol–water partition coefficient (Wildman–Crippen LogP) is 16.1. The van der Waals surface area contributed by atoms with Crippen molar-refractivity contribution in [2.45, 2.75) is 152 Å². The molecule has 0 aliphatic heterocycles. The number of ketones is 1. The van der Waals surface area contributed by atoms with Gasteiger partial charge in [-0.25, -0.2) is 0 Å². The predicted molar refractivity (Wildman–Crippen MR) is 239 cm³/mol. The fraction of sp³-hybridized carbons (Fsp3) is 0.490. The third-order valence-corrected chi connectivity index (χ3v) is 14.6. The van der Waals surface area contributed by atoms with Crippen LogP contribution in [0.4, 0.5) is 13.2 Å². The van der Waals surface area contributed by atoms with Gasteiger partial charge in [0.1, 0.15) is 5.76 Å². The zero-order chi connectivity index (χ0) is 43.0. The Morgan fingerprint density at radius 2 is 1.42 bits per heavy atom. The summed E-state index contributed by atoms with van der Waals surface area (Å²) in [5, 5.41) is 12.4. The Balaban J connectivity index is 0.000000364. The van der Waals surface area contributed by atoms with Crippen LogP contribution in [0.5, 0.6) is 0 Å². The van der Waals surface area contributed by atoms with Crippen LogP contribution in [0.2, 0.25) is 0 Å². The summed E-state index contributed by atoms with van der Waals surface area (Å²) in [6, 6.07) is 18.2. The number of carbonyl (C=O) groups excluding carboxylic acids is 1. The number of carbonyl (C=O) groups is 1. The maximum absolute atomic E-state index is 14.4. The van der Waals surface area contributed by atoms with Gasteiger partial charge < -0.3 is 5.11 Å². The number of aryl methyl sites for hydroxylation is 3. The molecule has 59 heavy (non-hydrogen) atoms. The van der Waals surface area contributed by atoms with Gasteiger partial charge in [-0.15, -0.1) is 40.5 Å². The van der Waals surface area contributed by atoms with Crippen molar-refractivity contribution >= 4 is 38.0 Å². The van der Waals surface area contributed by atoms with Gasteiger partial charge in [-0.05, 0) is 98.4 Å². The molecule has 2 aromatic heterocycles. The second kappa shape index (κ2) is 18.7. The molecule has 0 unspecified atom stereocenters. The molecule has 3 nitrogen and oxygen atoms in total. The first-order chi connectivity index (χ1) is 27.1. The van der Waals surface area contributed by atoms with Crippen LogP contribution in [0.25, 0.3) is 42.6 Å². The number of aliphatic hydroxyl groups is 1. The Labute approximate surface area is 368 Å². The van der Waals surface area contributed by atoms with Crippen molar-refractivity contribution in [3.63, 3.8) is 0 Å². The number of aliphatic hydroxyl groups excluding tert-OH is 1. The minimum atomic E-state index is -4.51. The zero-order valence-electron chi connectivity index (χ0n) is 37.1. The molecular formula is C51H63F3IrNO2S-. The van der Waals surface area contributed by atoms with E-state index in [2.05, 4.69) is 69.9 Å². The number of rotatable bonds is 10. The van der Waals surface area contributed by atoms with Crippen molar-refractivity contribution in [2.24, 2.45) is 10.8 Å². The molecule has 1 fully saturated rings. The maximum Gasteiger partial charge on any atom is 0.418 e. The molecule has 2 heterocycles.